The normalized spacial score (nSPS) is 12.8. The van der Waals surface area contributed by atoms with Gasteiger partial charge in [-0.25, -0.2) is 0 Å². The molecule has 1 aliphatic rings. The van der Waals surface area contributed by atoms with E-state index in [1.165, 1.54) is 23.3 Å². The summed E-state index contributed by atoms with van der Waals surface area (Å²) in [4.78, 5) is 0. The molecule has 0 atom stereocenters. The summed E-state index contributed by atoms with van der Waals surface area (Å²) >= 11 is 0. The molecule has 0 radical (unpaired) electrons. The van der Waals surface area contributed by atoms with Gasteiger partial charge in [-0.3, -0.25) is 0 Å². The maximum atomic E-state index is 13.2. The first-order chi connectivity index (χ1) is 11.0. The van der Waals surface area contributed by atoms with Gasteiger partial charge in [-0.15, -0.1) is 0 Å². The van der Waals surface area contributed by atoms with Crippen LogP contribution in [0.4, 0.5) is 13.2 Å². The second-order valence-corrected chi connectivity index (χ2v) is 5.75. The van der Waals surface area contributed by atoms with Crippen LogP contribution in [0.3, 0.4) is 0 Å². The van der Waals surface area contributed by atoms with Crippen molar-refractivity contribution in [1.29, 1.82) is 0 Å². The molecule has 0 fully saturated rings. The van der Waals surface area contributed by atoms with Crippen LogP contribution in [0.1, 0.15) is 16.7 Å². The highest BCUT2D eigenvalue weighted by atomic mass is 19.4. The molecule has 0 aliphatic heterocycles. The predicted molar refractivity (Wildman–Crippen MR) is 85.1 cm³/mol. The molecule has 4 rings (SSSR count). The number of hydrogen-bond donors (Lipinski definition) is 0. The fraction of sp³-hybridized carbons (Fsp3) is 0.100. The Morgan fingerprint density at radius 2 is 1.30 bits per heavy atom. The lowest BCUT2D eigenvalue weighted by molar-refractivity contribution is -0.137. The van der Waals surface area contributed by atoms with Crippen LogP contribution < -0.4 is 0 Å². The van der Waals surface area contributed by atoms with Gasteiger partial charge in [-0.2, -0.15) is 13.2 Å². The van der Waals surface area contributed by atoms with Gasteiger partial charge in [-0.1, -0.05) is 60.7 Å². The number of benzene rings is 3. The average molecular weight is 310 g/mol. The third kappa shape index (κ3) is 2.33. The van der Waals surface area contributed by atoms with E-state index in [0.717, 1.165) is 23.6 Å². The van der Waals surface area contributed by atoms with Crippen LogP contribution in [0.25, 0.3) is 22.3 Å². The molecule has 0 nitrogen and oxygen atoms in total. The summed E-state index contributed by atoms with van der Waals surface area (Å²) < 4.78 is 39.7. The Balaban J connectivity index is 1.84. The lowest BCUT2D eigenvalue weighted by Crippen LogP contribution is -2.06. The SMILES string of the molecule is FC(F)(F)c1ccccc1-c1ccc2c(c1)Cc1ccccc1-2. The predicted octanol–water partition coefficient (Wildman–Crippen LogP) is 5.94. The molecule has 114 valence electrons. The van der Waals surface area contributed by atoms with E-state index in [0.29, 0.717) is 5.56 Å². The summed E-state index contributed by atoms with van der Waals surface area (Å²) in [5.41, 5.74) is 4.87. The molecule has 0 heterocycles. The highest BCUT2D eigenvalue weighted by Crippen LogP contribution is 2.41. The van der Waals surface area contributed by atoms with E-state index in [2.05, 4.69) is 12.1 Å². The van der Waals surface area contributed by atoms with Gasteiger partial charge in [0.05, 0.1) is 5.56 Å². The van der Waals surface area contributed by atoms with E-state index in [1.54, 1.807) is 12.1 Å². The summed E-state index contributed by atoms with van der Waals surface area (Å²) in [6.45, 7) is 0. The van der Waals surface area contributed by atoms with Crippen LogP contribution in [0, 0.1) is 0 Å². The molecule has 3 heteroatoms. The van der Waals surface area contributed by atoms with Crippen molar-refractivity contribution in [2.45, 2.75) is 12.6 Å². The number of fused-ring (bicyclic) bond motifs is 3. The molecule has 0 saturated heterocycles. The maximum Gasteiger partial charge on any atom is 0.417 e. The smallest absolute Gasteiger partial charge is 0.166 e. The van der Waals surface area contributed by atoms with Gasteiger partial charge in [0.15, 0.2) is 0 Å². The fourth-order valence-corrected chi connectivity index (χ4v) is 3.29. The molecular formula is C20H13F3. The largest absolute Gasteiger partial charge is 0.417 e. The fourth-order valence-electron chi connectivity index (χ4n) is 3.29. The molecular weight excluding hydrogens is 297 g/mol. The van der Waals surface area contributed by atoms with Gasteiger partial charge in [0.25, 0.3) is 0 Å². The standard InChI is InChI=1S/C20H13F3/c21-20(22,23)19-8-4-3-7-18(19)14-9-10-17-15(12-14)11-13-5-1-2-6-16(13)17/h1-10,12H,11H2. The lowest BCUT2D eigenvalue weighted by atomic mass is 9.95. The number of halogens is 3. The van der Waals surface area contributed by atoms with Crippen molar-refractivity contribution in [2.75, 3.05) is 0 Å². The molecule has 1 aliphatic carbocycles. The minimum Gasteiger partial charge on any atom is -0.166 e. The Kier molecular flexibility index (Phi) is 3.05. The van der Waals surface area contributed by atoms with Crippen molar-refractivity contribution in [3.8, 4) is 22.3 Å². The molecule has 3 aromatic rings. The number of rotatable bonds is 1. The van der Waals surface area contributed by atoms with Crippen LogP contribution in [0.15, 0.2) is 66.7 Å². The van der Waals surface area contributed by atoms with Crippen molar-refractivity contribution in [2.24, 2.45) is 0 Å². The minimum absolute atomic E-state index is 0.235. The van der Waals surface area contributed by atoms with Crippen molar-refractivity contribution >= 4 is 0 Å². The lowest BCUT2D eigenvalue weighted by Gasteiger charge is -2.13. The van der Waals surface area contributed by atoms with Crippen LogP contribution >= 0.6 is 0 Å². The van der Waals surface area contributed by atoms with E-state index >= 15 is 0 Å². The van der Waals surface area contributed by atoms with Crippen LogP contribution in [0.5, 0.6) is 0 Å². The monoisotopic (exact) mass is 310 g/mol. The zero-order valence-electron chi connectivity index (χ0n) is 12.2. The molecule has 0 saturated carbocycles. The summed E-state index contributed by atoms with van der Waals surface area (Å²) in [7, 11) is 0. The Hall–Kier alpha value is -2.55. The van der Waals surface area contributed by atoms with E-state index in [1.807, 2.05) is 24.3 Å². The second kappa shape index (κ2) is 4.98. The van der Waals surface area contributed by atoms with Crippen LogP contribution in [0.2, 0.25) is 0 Å². The van der Waals surface area contributed by atoms with Gasteiger partial charge in [0.1, 0.15) is 0 Å². The zero-order chi connectivity index (χ0) is 16.0. The average Bonchev–Trinajstić information content (AvgIpc) is 2.91. The quantitative estimate of drug-likeness (QED) is 0.408. The highest BCUT2D eigenvalue weighted by Gasteiger charge is 2.33. The Bertz CT molecular complexity index is 891. The molecule has 0 bridgehead atoms. The summed E-state index contributed by atoms with van der Waals surface area (Å²) in [5, 5.41) is 0. The molecule has 0 aromatic heterocycles. The van der Waals surface area contributed by atoms with E-state index in [9.17, 15) is 13.2 Å². The molecule has 23 heavy (non-hydrogen) atoms. The first kappa shape index (κ1) is 14.1. The Morgan fingerprint density at radius 3 is 2.09 bits per heavy atom. The zero-order valence-corrected chi connectivity index (χ0v) is 12.2. The molecule has 0 N–H and O–H groups in total. The maximum absolute atomic E-state index is 13.2. The molecule has 0 amide bonds. The van der Waals surface area contributed by atoms with E-state index in [4.69, 9.17) is 0 Å². The molecule has 0 unspecified atom stereocenters. The summed E-state index contributed by atoms with van der Waals surface area (Å²) in [5.74, 6) is 0. The van der Waals surface area contributed by atoms with Gasteiger partial charge in [0.2, 0.25) is 0 Å². The van der Waals surface area contributed by atoms with Gasteiger partial charge < -0.3 is 0 Å². The van der Waals surface area contributed by atoms with Crippen molar-refractivity contribution < 1.29 is 13.2 Å². The third-order valence-electron chi connectivity index (χ3n) is 4.34. The topological polar surface area (TPSA) is 0 Å². The first-order valence-corrected chi connectivity index (χ1v) is 7.42. The van der Waals surface area contributed by atoms with E-state index < -0.39 is 11.7 Å². The summed E-state index contributed by atoms with van der Waals surface area (Å²) in [6, 6.07) is 19.5. The van der Waals surface area contributed by atoms with Crippen molar-refractivity contribution in [3.05, 3.63) is 83.4 Å². The van der Waals surface area contributed by atoms with Gasteiger partial charge >= 0.3 is 6.18 Å². The Morgan fingerprint density at radius 1 is 0.652 bits per heavy atom. The number of alkyl halides is 3. The Labute approximate surface area is 132 Å². The minimum atomic E-state index is -4.35. The first-order valence-electron chi connectivity index (χ1n) is 7.42. The van der Waals surface area contributed by atoms with Gasteiger partial charge in [0, 0.05) is 0 Å². The van der Waals surface area contributed by atoms with Gasteiger partial charge in [-0.05, 0) is 45.9 Å². The number of hydrogen-bond acceptors (Lipinski definition) is 0. The summed E-state index contributed by atoms with van der Waals surface area (Å²) in [6.07, 6.45) is -3.58. The third-order valence-corrected chi connectivity index (χ3v) is 4.34. The second-order valence-electron chi connectivity index (χ2n) is 5.75. The van der Waals surface area contributed by atoms with Crippen LogP contribution in [-0.4, -0.2) is 0 Å². The molecule has 0 spiro atoms. The van der Waals surface area contributed by atoms with Crippen LogP contribution in [-0.2, 0) is 12.6 Å². The van der Waals surface area contributed by atoms with Crippen molar-refractivity contribution in [1.82, 2.24) is 0 Å². The molecule has 3 aromatic carbocycles. The highest BCUT2D eigenvalue weighted by molar-refractivity contribution is 5.80. The van der Waals surface area contributed by atoms with Crippen molar-refractivity contribution in [3.63, 3.8) is 0 Å². The van der Waals surface area contributed by atoms with E-state index in [-0.39, 0.29) is 5.56 Å².